The average Bonchev–Trinajstić information content (AvgIpc) is 3.48. The zero-order chi connectivity index (χ0) is 23.6. The van der Waals surface area contributed by atoms with Gasteiger partial charge in [-0.15, -0.1) is 10.2 Å². The van der Waals surface area contributed by atoms with E-state index in [1.54, 1.807) is 24.3 Å². The quantitative estimate of drug-likeness (QED) is 0.481. The first kappa shape index (κ1) is 23.2. The third kappa shape index (κ3) is 5.69. The van der Waals surface area contributed by atoms with Crippen LogP contribution in [0.15, 0.2) is 30.5 Å². The van der Waals surface area contributed by atoms with Gasteiger partial charge in [0.2, 0.25) is 17.7 Å². The number of tetrazole rings is 1. The zero-order valence-electron chi connectivity index (χ0n) is 17.1. The fourth-order valence-electron chi connectivity index (χ4n) is 3.89. The maximum Gasteiger partial charge on any atom is 0.305 e. The number of carboxylic acids is 1. The molecule has 1 aromatic carbocycles. The highest BCUT2D eigenvalue weighted by molar-refractivity contribution is 7.19. The van der Waals surface area contributed by atoms with E-state index in [-0.39, 0.29) is 38.1 Å². The molecular weight excluding hydrogens is 478 g/mol. The van der Waals surface area contributed by atoms with Gasteiger partial charge in [-0.25, -0.2) is 13.8 Å². The molecule has 2 aromatic heterocycles. The summed E-state index contributed by atoms with van der Waals surface area (Å²) in [4.78, 5) is 29.0. The second kappa shape index (κ2) is 9.48. The van der Waals surface area contributed by atoms with Crippen LogP contribution in [0.3, 0.4) is 0 Å². The van der Waals surface area contributed by atoms with E-state index >= 15 is 0 Å². The number of aromatic nitrogens is 5. The number of carboxylic acid groups (broad SMARTS) is 1. The summed E-state index contributed by atoms with van der Waals surface area (Å²) in [5.74, 6) is -5.23. The van der Waals surface area contributed by atoms with Crippen molar-refractivity contribution >= 4 is 39.9 Å². The molecule has 1 amide bonds. The van der Waals surface area contributed by atoms with E-state index in [9.17, 15) is 18.4 Å². The van der Waals surface area contributed by atoms with E-state index in [0.717, 1.165) is 11.3 Å². The maximum absolute atomic E-state index is 13.9. The molecule has 2 heterocycles. The number of aryl methyl sites for hydroxylation is 1. The van der Waals surface area contributed by atoms with Crippen LogP contribution in [0.25, 0.3) is 11.4 Å². The first-order chi connectivity index (χ1) is 15.7. The highest BCUT2D eigenvalue weighted by Crippen LogP contribution is 2.46. The van der Waals surface area contributed by atoms with Gasteiger partial charge in [0, 0.05) is 18.4 Å². The Morgan fingerprint density at radius 2 is 2.09 bits per heavy atom. The summed E-state index contributed by atoms with van der Waals surface area (Å²) >= 11 is 6.97. The van der Waals surface area contributed by atoms with Gasteiger partial charge >= 0.3 is 5.97 Å². The van der Waals surface area contributed by atoms with Crippen LogP contribution in [0.1, 0.15) is 37.2 Å². The Balaban J connectivity index is 1.55. The van der Waals surface area contributed by atoms with Gasteiger partial charge in [0.25, 0.3) is 0 Å². The van der Waals surface area contributed by atoms with Crippen LogP contribution in [0.5, 0.6) is 0 Å². The predicted octanol–water partition coefficient (Wildman–Crippen LogP) is 4.08. The van der Waals surface area contributed by atoms with E-state index in [2.05, 4.69) is 25.7 Å². The van der Waals surface area contributed by atoms with Crippen LogP contribution in [0, 0.1) is 5.92 Å². The van der Waals surface area contributed by atoms with Crippen molar-refractivity contribution < 1.29 is 23.5 Å². The molecule has 4 rings (SSSR count). The van der Waals surface area contributed by atoms with Crippen molar-refractivity contribution in [2.45, 2.75) is 44.1 Å². The summed E-state index contributed by atoms with van der Waals surface area (Å²) in [6.07, 6.45) is 0.871. The normalized spacial score (nSPS) is 18.2. The minimum atomic E-state index is -2.80. The zero-order valence-corrected chi connectivity index (χ0v) is 18.7. The number of amides is 1. The van der Waals surface area contributed by atoms with E-state index in [0.29, 0.717) is 20.6 Å². The number of aliphatic carboxylic acids is 1. The summed E-state index contributed by atoms with van der Waals surface area (Å²) in [7, 11) is 0. The smallest absolute Gasteiger partial charge is 0.305 e. The van der Waals surface area contributed by atoms with Crippen LogP contribution >= 0.6 is 22.9 Å². The first-order valence-corrected chi connectivity index (χ1v) is 11.3. The van der Waals surface area contributed by atoms with E-state index < -0.39 is 29.6 Å². The van der Waals surface area contributed by atoms with Crippen molar-refractivity contribution in [1.82, 2.24) is 25.2 Å². The summed E-state index contributed by atoms with van der Waals surface area (Å²) in [5, 5.41) is 23.7. The lowest BCUT2D eigenvalue weighted by molar-refractivity contribution is -0.137. The number of carbonyl (C=O) groups excluding carboxylic acids is 1. The Morgan fingerprint density at radius 1 is 1.33 bits per heavy atom. The Kier molecular flexibility index (Phi) is 6.66. The molecule has 2 atom stereocenters. The molecule has 9 nitrogen and oxygen atoms in total. The number of rotatable bonds is 8. The number of nitrogens with one attached hydrogen (secondary N) is 1. The van der Waals surface area contributed by atoms with Crippen LogP contribution in [-0.4, -0.2) is 48.1 Å². The fraction of sp³-hybridized carbons (Fsp3) is 0.400. The van der Waals surface area contributed by atoms with Gasteiger partial charge in [-0.1, -0.05) is 47.2 Å². The number of alkyl halides is 2. The lowest BCUT2D eigenvalue weighted by atomic mass is 9.83. The predicted molar refractivity (Wildman–Crippen MR) is 116 cm³/mol. The largest absolute Gasteiger partial charge is 0.481 e. The van der Waals surface area contributed by atoms with Gasteiger partial charge in [-0.2, -0.15) is 4.80 Å². The highest BCUT2D eigenvalue weighted by Gasteiger charge is 2.45. The number of benzene rings is 1. The summed E-state index contributed by atoms with van der Waals surface area (Å²) < 4.78 is 28.3. The maximum atomic E-state index is 13.9. The Labute approximate surface area is 195 Å². The Hall–Kier alpha value is -2.99. The molecule has 1 unspecified atom stereocenters. The topological polar surface area (TPSA) is 123 Å². The van der Waals surface area contributed by atoms with Gasteiger partial charge in [-0.05, 0) is 23.1 Å². The van der Waals surface area contributed by atoms with Crippen LogP contribution in [0.4, 0.5) is 13.9 Å². The van der Waals surface area contributed by atoms with Crippen molar-refractivity contribution in [3.63, 3.8) is 0 Å². The standard InChI is InChI=1S/C20H19ClF2N6O3S/c21-14-10-24-19(33-14)25-18(32)16(13-5-7-20(22,23)9-13)11-1-3-12(4-2-11)17-26-28-29(27-17)8-6-15(30)31/h1-4,10,13,16H,5-9H2,(H,30,31)(H,24,25,32)/t13?,16-/m1/s1. The summed E-state index contributed by atoms with van der Waals surface area (Å²) in [6.45, 7) is 0.0827. The number of nitrogens with zero attached hydrogens (tertiary/aromatic N) is 5. The van der Waals surface area contributed by atoms with Gasteiger partial charge in [0.1, 0.15) is 4.34 Å². The summed E-state index contributed by atoms with van der Waals surface area (Å²) in [6, 6.07) is 6.73. The van der Waals surface area contributed by atoms with Gasteiger partial charge < -0.3 is 10.4 Å². The Bertz CT molecular complexity index is 1150. The Morgan fingerprint density at radius 3 is 2.70 bits per heavy atom. The molecule has 1 fully saturated rings. The number of carbonyl (C=O) groups is 2. The third-order valence-electron chi connectivity index (χ3n) is 5.41. The molecule has 0 bridgehead atoms. The third-order valence-corrected chi connectivity index (χ3v) is 6.44. The molecule has 0 aliphatic heterocycles. The van der Waals surface area contributed by atoms with Crippen molar-refractivity contribution in [3.8, 4) is 11.4 Å². The van der Waals surface area contributed by atoms with Crippen LogP contribution in [-0.2, 0) is 16.1 Å². The number of hydrogen-bond acceptors (Lipinski definition) is 7. The van der Waals surface area contributed by atoms with Gasteiger partial charge in [0.05, 0.1) is 25.1 Å². The monoisotopic (exact) mass is 496 g/mol. The molecule has 33 heavy (non-hydrogen) atoms. The second-order valence-electron chi connectivity index (χ2n) is 7.77. The number of halogens is 3. The number of anilines is 1. The summed E-state index contributed by atoms with van der Waals surface area (Å²) in [5.41, 5.74) is 1.18. The molecule has 3 aromatic rings. The molecular formula is C20H19ClF2N6O3S. The van der Waals surface area contributed by atoms with E-state index in [1.807, 2.05) is 0 Å². The molecule has 174 valence electrons. The van der Waals surface area contributed by atoms with E-state index in [1.165, 1.54) is 11.0 Å². The fourth-order valence-corrected chi connectivity index (χ4v) is 4.71. The number of thiazole rings is 1. The minimum absolute atomic E-state index is 0.0827. The van der Waals surface area contributed by atoms with Gasteiger partial charge in [-0.3, -0.25) is 9.59 Å². The molecule has 0 radical (unpaired) electrons. The SMILES string of the molecule is O=C(O)CCn1nnc(-c2ccc([C@@H](C(=O)Nc3ncc(Cl)s3)C3CCC(F)(F)C3)cc2)n1. The second-order valence-corrected chi connectivity index (χ2v) is 9.43. The molecule has 1 aliphatic rings. The van der Waals surface area contributed by atoms with Crippen molar-refractivity contribution in [2.75, 3.05) is 5.32 Å². The van der Waals surface area contributed by atoms with Crippen molar-refractivity contribution in [1.29, 1.82) is 0 Å². The lowest BCUT2D eigenvalue weighted by Crippen LogP contribution is -2.27. The van der Waals surface area contributed by atoms with Crippen LogP contribution in [0.2, 0.25) is 4.34 Å². The molecule has 13 heteroatoms. The van der Waals surface area contributed by atoms with Crippen LogP contribution < -0.4 is 5.32 Å². The molecule has 0 saturated heterocycles. The van der Waals surface area contributed by atoms with Crippen molar-refractivity contribution in [3.05, 3.63) is 40.4 Å². The lowest BCUT2D eigenvalue weighted by Gasteiger charge is -2.23. The highest BCUT2D eigenvalue weighted by atomic mass is 35.5. The van der Waals surface area contributed by atoms with Crippen molar-refractivity contribution in [2.24, 2.45) is 5.92 Å². The molecule has 1 saturated carbocycles. The molecule has 0 spiro atoms. The van der Waals surface area contributed by atoms with E-state index in [4.69, 9.17) is 16.7 Å². The molecule has 2 N–H and O–H groups in total. The average molecular weight is 497 g/mol. The minimum Gasteiger partial charge on any atom is -0.481 e. The first-order valence-electron chi connectivity index (χ1n) is 10.1. The molecule has 1 aliphatic carbocycles. The number of hydrogen-bond donors (Lipinski definition) is 2. The van der Waals surface area contributed by atoms with Gasteiger partial charge in [0.15, 0.2) is 5.13 Å².